The van der Waals surface area contributed by atoms with E-state index in [1.165, 1.54) is 10.9 Å². The molecule has 0 atom stereocenters. The Balaban J connectivity index is 1.47. The van der Waals surface area contributed by atoms with Crippen molar-refractivity contribution < 1.29 is 22.6 Å². The summed E-state index contributed by atoms with van der Waals surface area (Å²) in [4.78, 5) is 21.9. The first-order valence-corrected chi connectivity index (χ1v) is 12.2. The molecule has 0 saturated heterocycles. The van der Waals surface area contributed by atoms with E-state index in [4.69, 9.17) is 14.5 Å². The van der Waals surface area contributed by atoms with E-state index in [0.29, 0.717) is 46.6 Å². The van der Waals surface area contributed by atoms with Gasteiger partial charge >= 0.3 is 6.18 Å². The van der Waals surface area contributed by atoms with Crippen LogP contribution in [-0.4, -0.2) is 43.7 Å². The molecule has 0 aliphatic heterocycles. The van der Waals surface area contributed by atoms with Gasteiger partial charge in [-0.3, -0.25) is 0 Å². The molecule has 11 heteroatoms. The van der Waals surface area contributed by atoms with Crippen LogP contribution in [0.3, 0.4) is 0 Å². The first-order chi connectivity index (χ1) is 18.2. The summed E-state index contributed by atoms with van der Waals surface area (Å²) in [6.45, 7) is 3.64. The molecule has 0 spiro atoms. The summed E-state index contributed by atoms with van der Waals surface area (Å²) in [5, 5.41) is 0. The van der Waals surface area contributed by atoms with Gasteiger partial charge in [0.15, 0.2) is 17.3 Å². The lowest BCUT2D eigenvalue weighted by Gasteiger charge is -2.14. The Morgan fingerprint density at radius 3 is 2.34 bits per heavy atom. The molecule has 3 heterocycles. The average molecular weight is 525 g/mol. The van der Waals surface area contributed by atoms with E-state index in [9.17, 15) is 13.2 Å². The maximum atomic E-state index is 13.3. The minimum atomic E-state index is -4.51. The summed E-state index contributed by atoms with van der Waals surface area (Å²) in [5.74, 6) is 1.99. The molecule has 0 unspecified atom stereocenters. The third kappa shape index (κ3) is 5.05. The number of aromatic nitrogens is 6. The van der Waals surface area contributed by atoms with Crippen LogP contribution < -0.4 is 9.47 Å². The number of benzene rings is 1. The van der Waals surface area contributed by atoms with Gasteiger partial charge in [0.25, 0.3) is 0 Å². The van der Waals surface area contributed by atoms with E-state index in [2.05, 4.69) is 19.9 Å². The predicted octanol–water partition coefficient (Wildman–Crippen LogP) is 5.88. The van der Waals surface area contributed by atoms with Crippen molar-refractivity contribution in [2.24, 2.45) is 0 Å². The van der Waals surface area contributed by atoms with Gasteiger partial charge in [0.05, 0.1) is 31.8 Å². The van der Waals surface area contributed by atoms with Gasteiger partial charge in [-0.2, -0.15) is 13.2 Å². The van der Waals surface area contributed by atoms with Crippen molar-refractivity contribution in [1.82, 2.24) is 29.5 Å². The van der Waals surface area contributed by atoms with Crippen LogP contribution in [0.4, 0.5) is 13.2 Å². The summed E-state index contributed by atoms with van der Waals surface area (Å²) in [6.07, 6.45) is 2.16. The Bertz CT molecular complexity index is 1450. The van der Waals surface area contributed by atoms with Crippen molar-refractivity contribution in [3.05, 3.63) is 65.6 Å². The molecule has 38 heavy (non-hydrogen) atoms. The zero-order valence-electron chi connectivity index (χ0n) is 21.5. The molecule has 198 valence electrons. The second-order valence-electron chi connectivity index (χ2n) is 9.45. The fraction of sp³-hybridized carbons (Fsp3) is 0.370. The standard InChI is InChI=1S/C27H27F3N6O2/c1-15(2)36-13-21(27(28,29)30)35-25(36)18-7-5-16(6-8-18)11-19-20(37-3)12-31-24(34-19)22-23(17-9-10-17)32-14-33-26(22)38-4/h5-8,12-15,17H,9-11H2,1-4H3. The number of ether oxygens (including phenoxy) is 2. The maximum absolute atomic E-state index is 13.3. The fourth-order valence-corrected chi connectivity index (χ4v) is 4.34. The van der Waals surface area contributed by atoms with Crippen molar-refractivity contribution in [3.63, 3.8) is 0 Å². The van der Waals surface area contributed by atoms with Crippen molar-refractivity contribution in [3.8, 4) is 34.4 Å². The Morgan fingerprint density at radius 1 is 1.00 bits per heavy atom. The molecule has 0 N–H and O–H groups in total. The van der Waals surface area contributed by atoms with E-state index in [1.807, 2.05) is 26.0 Å². The summed E-state index contributed by atoms with van der Waals surface area (Å²) in [5.41, 5.74) is 2.78. The average Bonchev–Trinajstić information content (AvgIpc) is 3.64. The minimum absolute atomic E-state index is 0.184. The quantitative estimate of drug-likeness (QED) is 0.284. The Kier molecular flexibility index (Phi) is 6.77. The number of nitrogens with zero attached hydrogens (tertiary/aromatic N) is 6. The molecule has 8 nitrogen and oxygen atoms in total. The second kappa shape index (κ2) is 10.0. The van der Waals surface area contributed by atoms with Crippen LogP contribution in [0, 0.1) is 0 Å². The van der Waals surface area contributed by atoms with Crippen LogP contribution in [0.25, 0.3) is 22.8 Å². The number of alkyl halides is 3. The number of methoxy groups -OCH3 is 2. The fourth-order valence-electron chi connectivity index (χ4n) is 4.34. The van der Waals surface area contributed by atoms with Gasteiger partial charge in [-0.25, -0.2) is 24.9 Å². The molecule has 1 aromatic carbocycles. The highest BCUT2D eigenvalue weighted by atomic mass is 19.4. The highest BCUT2D eigenvalue weighted by Gasteiger charge is 2.35. The molecule has 0 bridgehead atoms. The molecular weight excluding hydrogens is 497 g/mol. The third-order valence-corrected chi connectivity index (χ3v) is 6.43. The van der Waals surface area contributed by atoms with Crippen molar-refractivity contribution in [2.45, 2.75) is 51.2 Å². The number of halogens is 3. The predicted molar refractivity (Wildman–Crippen MR) is 134 cm³/mol. The van der Waals surface area contributed by atoms with Gasteiger partial charge in [0.1, 0.15) is 17.7 Å². The molecule has 1 fully saturated rings. The second-order valence-corrected chi connectivity index (χ2v) is 9.45. The largest absolute Gasteiger partial charge is 0.493 e. The van der Waals surface area contributed by atoms with Gasteiger partial charge in [-0.1, -0.05) is 24.3 Å². The van der Waals surface area contributed by atoms with E-state index in [1.54, 1.807) is 32.5 Å². The molecule has 4 aromatic rings. The summed E-state index contributed by atoms with van der Waals surface area (Å²) >= 11 is 0. The lowest BCUT2D eigenvalue weighted by atomic mass is 10.1. The number of hydrogen-bond acceptors (Lipinski definition) is 7. The van der Waals surface area contributed by atoms with Crippen LogP contribution in [0.15, 0.2) is 43.0 Å². The van der Waals surface area contributed by atoms with E-state index in [0.717, 1.165) is 30.3 Å². The van der Waals surface area contributed by atoms with Crippen LogP contribution in [0.2, 0.25) is 0 Å². The van der Waals surface area contributed by atoms with Gasteiger partial charge in [0.2, 0.25) is 5.88 Å². The third-order valence-electron chi connectivity index (χ3n) is 6.43. The van der Waals surface area contributed by atoms with Crippen LogP contribution in [0.1, 0.15) is 61.3 Å². The molecule has 1 saturated carbocycles. The van der Waals surface area contributed by atoms with Gasteiger partial charge < -0.3 is 14.0 Å². The minimum Gasteiger partial charge on any atom is -0.493 e. The molecule has 0 amide bonds. The topological polar surface area (TPSA) is 87.8 Å². The monoisotopic (exact) mass is 524 g/mol. The van der Waals surface area contributed by atoms with Gasteiger partial charge in [0, 0.05) is 30.1 Å². The highest BCUT2D eigenvalue weighted by molar-refractivity contribution is 5.66. The highest BCUT2D eigenvalue weighted by Crippen LogP contribution is 2.45. The molecule has 0 radical (unpaired) electrons. The Labute approximate surface area is 217 Å². The van der Waals surface area contributed by atoms with E-state index < -0.39 is 11.9 Å². The van der Waals surface area contributed by atoms with Crippen molar-refractivity contribution >= 4 is 0 Å². The lowest BCUT2D eigenvalue weighted by molar-refractivity contribution is -0.140. The smallest absolute Gasteiger partial charge is 0.434 e. The summed E-state index contributed by atoms with van der Waals surface area (Å²) < 4.78 is 52.4. The zero-order chi connectivity index (χ0) is 27.0. The van der Waals surface area contributed by atoms with Gasteiger partial charge in [-0.05, 0) is 32.3 Å². The molecule has 1 aliphatic carbocycles. The summed E-state index contributed by atoms with van der Waals surface area (Å²) in [6, 6.07) is 7.06. The Hall–Kier alpha value is -4.02. The van der Waals surface area contributed by atoms with E-state index in [-0.39, 0.29) is 11.9 Å². The molecule has 3 aromatic heterocycles. The van der Waals surface area contributed by atoms with Crippen molar-refractivity contribution in [2.75, 3.05) is 14.2 Å². The SMILES string of the molecule is COc1cnc(-c2c(OC)ncnc2C2CC2)nc1Cc1ccc(-c2nc(C(F)(F)F)cn2C(C)C)cc1. The molecule has 5 rings (SSSR count). The van der Waals surface area contributed by atoms with Crippen molar-refractivity contribution in [1.29, 1.82) is 0 Å². The van der Waals surface area contributed by atoms with Crippen LogP contribution in [-0.2, 0) is 12.6 Å². The zero-order valence-corrected chi connectivity index (χ0v) is 21.5. The number of imidazole rings is 1. The molecule has 1 aliphatic rings. The summed E-state index contributed by atoms with van der Waals surface area (Å²) in [7, 11) is 3.10. The van der Waals surface area contributed by atoms with Crippen LogP contribution in [0.5, 0.6) is 11.6 Å². The number of rotatable bonds is 8. The normalized spacial score (nSPS) is 13.7. The first-order valence-electron chi connectivity index (χ1n) is 12.2. The van der Waals surface area contributed by atoms with E-state index >= 15 is 0 Å². The lowest BCUT2D eigenvalue weighted by Crippen LogP contribution is -2.05. The maximum Gasteiger partial charge on any atom is 0.434 e. The van der Waals surface area contributed by atoms with Gasteiger partial charge in [-0.15, -0.1) is 0 Å². The van der Waals surface area contributed by atoms with Crippen LogP contribution >= 0.6 is 0 Å². The molecular formula is C27H27F3N6O2. The first kappa shape index (κ1) is 25.6. The number of hydrogen-bond donors (Lipinski definition) is 0. The Morgan fingerprint density at radius 2 is 1.74 bits per heavy atom.